The molecule has 0 aromatic heterocycles. The van der Waals surface area contributed by atoms with Crippen LogP contribution in [0.4, 0.5) is 0 Å². The van der Waals surface area contributed by atoms with Gasteiger partial charge in [0.25, 0.3) is 0 Å². The predicted molar refractivity (Wildman–Crippen MR) is 64.3 cm³/mol. The van der Waals surface area contributed by atoms with E-state index in [1.165, 1.54) is 0 Å². The van der Waals surface area contributed by atoms with Crippen LogP contribution in [0, 0.1) is 0 Å². The van der Waals surface area contributed by atoms with Crippen LogP contribution >= 0.6 is 11.8 Å². The lowest BCUT2D eigenvalue weighted by atomic mass is 10.3. The van der Waals surface area contributed by atoms with Crippen molar-refractivity contribution < 1.29 is 14.4 Å². The second-order valence-electron chi connectivity index (χ2n) is 3.04. The molecule has 0 aliphatic heterocycles. The van der Waals surface area contributed by atoms with Gasteiger partial charge in [-0.05, 0) is 5.75 Å². The topological polar surface area (TPSA) is 75.3 Å². The van der Waals surface area contributed by atoms with E-state index in [4.69, 9.17) is 0 Å². The van der Waals surface area contributed by atoms with Crippen molar-refractivity contribution in [2.75, 3.05) is 24.6 Å². The number of amides is 2. The maximum Gasteiger partial charge on any atom is 0.230 e. The minimum Gasteiger partial charge on any atom is -0.356 e. The van der Waals surface area contributed by atoms with Gasteiger partial charge >= 0.3 is 0 Å². The van der Waals surface area contributed by atoms with E-state index in [2.05, 4.69) is 10.6 Å². The van der Waals surface area contributed by atoms with Crippen molar-refractivity contribution in [3.8, 4) is 0 Å². The lowest BCUT2D eigenvalue weighted by molar-refractivity contribution is -0.121. The van der Waals surface area contributed by atoms with Gasteiger partial charge in [-0.25, -0.2) is 0 Å². The van der Waals surface area contributed by atoms with Crippen molar-refractivity contribution in [1.29, 1.82) is 0 Å². The minimum absolute atomic E-state index is 0.0486. The third-order valence-corrected chi connectivity index (χ3v) is 2.57. The van der Waals surface area contributed by atoms with Crippen LogP contribution in [-0.2, 0) is 14.4 Å². The van der Waals surface area contributed by atoms with Crippen LogP contribution in [0.5, 0.6) is 0 Å². The molecule has 0 aliphatic rings. The van der Waals surface area contributed by atoms with Crippen LogP contribution < -0.4 is 10.6 Å². The highest BCUT2D eigenvalue weighted by atomic mass is 32.2. The van der Waals surface area contributed by atoms with Crippen LogP contribution in [0.2, 0.25) is 0 Å². The summed E-state index contributed by atoms with van der Waals surface area (Å²) in [6.45, 7) is 2.69. The molecule has 6 heteroatoms. The van der Waals surface area contributed by atoms with Gasteiger partial charge in [0.1, 0.15) is 6.29 Å². The van der Waals surface area contributed by atoms with Crippen molar-refractivity contribution in [3.05, 3.63) is 0 Å². The summed E-state index contributed by atoms with van der Waals surface area (Å²) in [7, 11) is 0. The third-order valence-electron chi connectivity index (χ3n) is 1.70. The summed E-state index contributed by atoms with van der Waals surface area (Å²) in [5.41, 5.74) is 0. The van der Waals surface area contributed by atoms with E-state index < -0.39 is 0 Å². The molecular weight excluding hydrogens is 228 g/mol. The van der Waals surface area contributed by atoms with E-state index in [-0.39, 0.29) is 18.2 Å². The van der Waals surface area contributed by atoms with Crippen LogP contribution in [0.3, 0.4) is 0 Å². The fourth-order valence-corrected chi connectivity index (χ4v) is 1.41. The fourth-order valence-electron chi connectivity index (χ4n) is 0.920. The largest absolute Gasteiger partial charge is 0.356 e. The quantitative estimate of drug-likeness (QED) is 0.442. The first-order chi connectivity index (χ1) is 7.70. The van der Waals surface area contributed by atoms with Crippen LogP contribution in [0.1, 0.15) is 19.8 Å². The van der Waals surface area contributed by atoms with Gasteiger partial charge in [-0.15, -0.1) is 0 Å². The minimum atomic E-state index is -0.148. The summed E-state index contributed by atoms with van der Waals surface area (Å²) in [5.74, 6) is 1.14. The fraction of sp³-hybridized carbons (Fsp3) is 0.700. The number of aldehydes is 1. The molecule has 0 saturated heterocycles. The van der Waals surface area contributed by atoms with Gasteiger partial charge in [0.2, 0.25) is 11.8 Å². The van der Waals surface area contributed by atoms with Gasteiger partial charge in [0, 0.05) is 25.9 Å². The highest BCUT2D eigenvalue weighted by Gasteiger charge is 2.03. The van der Waals surface area contributed by atoms with Gasteiger partial charge in [-0.3, -0.25) is 9.59 Å². The lowest BCUT2D eigenvalue weighted by Gasteiger charge is -2.05. The zero-order valence-electron chi connectivity index (χ0n) is 9.45. The summed E-state index contributed by atoms with van der Waals surface area (Å²) >= 11 is 1.54. The van der Waals surface area contributed by atoms with E-state index in [1.54, 1.807) is 11.8 Å². The average Bonchev–Trinajstić information content (AvgIpc) is 2.26. The Morgan fingerprint density at radius 3 is 2.50 bits per heavy atom. The molecule has 16 heavy (non-hydrogen) atoms. The van der Waals surface area contributed by atoms with Crippen LogP contribution in [-0.4, -0.2) is 42.7 Å². The first-order valence-corrected chi connectivity index (χ1v) is 6.41. The van der Waals surface area contributed by atoms with E-state index in [0.29, 0.717) is 25.3 Å². The molecule has 5 nitrogen and oxygen atoms in total. The van der Waals surface area contributed by atoms with Crippen molar-refractivity contribution in [1.82, 2.24) is 10.6 Å². The Balaban J connectivity index is 3.39. The zero-order chi connectivity index (χ0) is 12.2. The maximum atomic E-state index is 11.1. The first kappa shape index (κ1) is 15.0. The molecule has 0 spiro atoms. The number of thioether (sulfide) groups is 1. The summed E-state index contributed by atoms with van der Waals surface area (Å²) in [6, 6.07) is 0. The molecule has 2 amide bonds. The zero-order valence-corrected chi connectivity index (χ0v) is 10.3. The normalized spacial score (nSPS) is 9.56. The SMILES string of the molecule is CCSCC(=O)NCCC(=O)NCCC=O. The summed E-state index contributed by atoms with van der Waals surface area (Å²) in [4.78, 5) is 32.2. The summed E-state index contributed by atoms with van der Waals surface area (Å²) in [6.07, 6.45) is 1.33. The highest BCUT2D eigenvalue weighted by Crippen LogP contribution is 1.96. The Hall–Kier alpha value is -1.04. The molecule has 0 atom stereocenters. The number of carbonyl (C=O) groups excluding carboxylic acids is 3. The Kier molecular flexibility index (Phi) is 9.80. The van der Waals surface area contributed by atoms with Crippen LogP contribution in [0.25, 0.3) is 0 Å². The Morgan fingerprint density at radius 2 is 1.88 bits per heavy atom. The van der Waals surface area contributed by atoms with Gasteiger partial charge in [-0.1, -0.05) is 6.92 Å². The van der Waals surface area contributed by atoms with Gasteiger partial charge in [0.05, 0.1) is 5.75 Å². The number of carbonyl (C=O) groups is 3. The number of nitrogens with one attached hydrogen (secondary N) is 2. The number of hydrogen-bond donors (Lipinski definition) is 2. The molecular formula is C10H18N2O3S. The monoisotopic (exact) mass is 246 g/mol. The molecule has 0 unspecified atom stereocenters. The van der Waals surface area contributed by atoms with Gasteiger partial charge in [-0.2, -0.15) is 11.8 Å². The number of rotatable bonds is 9. The van der Waals surface area contributed by atoms with Crippen molar-refractivity contribution in [3.63, 3.8) is 0 Å². The second-order valence-corrected chi connectivity index (χ2v) is 4.32. The molecule has 0 aliphatic carbocycles. The third kappa shape index (κ3) is 9.51. The Bertz CT molecular complexity index is 234. The van der Waals surface area contributed by atoms with Crippen LogP contribution in [0.15, 0.2) is 0 Å². The lowest BCUT2D eigenvalue weighted by Crippen LogP contribution is -2.32. The molecule has 2 N–H and O–H groups in total. The Labute approximate surface area is 99.7 Å². The molecule has 0 fully saturated rings. The molecule has 0 heterocycles. The molecule has 0 rings (SSSR count). The molecule has 0 aromatic carbocycles. The Morgan fingerprint density at radius 1 is 1.19 bits per heavy atom. The van der Waals surface area contributed by atoms with E-state index in [0.717, 1.165) is 12.0 Å². The first-order valence-electron chi connectivity index (χ1n) is 5.25. The van der Waals surface area contributed by atoms with E-state index >= 15 is 0 Å². The molecule has 0 aromatic rings. The predicted octanol–water partition coefficient (Wildman–Crippen LogP) is -0.0490. The standard InChI is InChI=1S/C10H18N2O3S/c1-2-16-8-10(15)12-6-4-9(14)11-5-3-7-13/h7H,2-6,8H2,1H3,(H,11,14)(H,12,15). The number of hydrogen-bond acceptors (Lipinski definition) is 4. The second kappa shape index (κ2) is 10.5. The summed E-state index contributed by atoms with van der Waals surface area (Å²) in [5, 5.41) is 5.22. The van der Waals surface area contributed by atoms with Gasteiger partial charge < -0.3 is 15.4 Å². The molecule has 0 saturated carbocycles. The molecule has 92 valence electrons. The van der Waals surface area contributed by atoms with Gasteiger partial charge in [0.15, 0.2) is 0 Å². The van der Waals surface area contributed by atoms with Crippen molar-refractivity contribution in [2.24, 2.45) is 0 Å². The summed E-state index contributed by atoms with van der Waals surface area (Å²) < 4.78 is 0. The average molecular weight is 246 g/mol. The molecule has 0 radical (unpaired) electrons. The smallest absolute Gasteiger partial charge is 0.230 e. The van der Waals surface area contributed by atoms with E-state index in [1.807, 2.05) is 6.92 Å². The molecule has 0 bridgehead atoms. The van der Waals surface area contributed by atoms with E-state index in [9.17, 15) is 14.4 Å². The van der Waals surface area contributed by atoms with Crippen molar-refractivity contribution >= 4 is 29.9 Å². The van der Waals surface area contributed by atoms with Crippen molar-refractivity contribution in [2.45, 2.75) is 19.8 Å². The maximum absolute atomic E-state index is 11.1. The highest BCUT2D eigenvalue weighted by molar-refractivity contribution is 7.99.